The summed E-state index contributed by atoms with van der Waals surface area (Å²) in [5, 5.41) is 16.6. The standard InChI is InChI=1S/C20H21N7O2/c1-26-12-21-17(24-26)11-29-15-9-7-13(8-10-15)16-3-2-4-18-22-20(25-27(16)18)23-19(28)14-5-6-14/h2-4,7-10,14H,5-6,11-12H2,1H3,(H,21,24)(H,23,25,28). The number of amides is 1. The van der Waals surface area contributed by atoms with Gasteiger partial charge in [-0.25, -0.2) is 4.52 Å². The van der Waals surface area contributed by atoms with Crippen LogP contribution in [0.25, 0.3) is 16.9 Å². The highest BCUT2D eigenvalue weighted by molar-refractivity contribution is 5.92. The maximum Gasteiger partial charge on any atom is 0.249 e. The van der Waals surface area contributed by atoms with Gasteiger partial charge in [-0.1, -0.05) is 6.07 Å². The maximum absolute atomic E-state index is 12.0. The molecule has 1 amide bonds. The SMILES string of the molecule is CN1CNC(COc2ccc(-c3cccc4nc(NC(=O)C5CC5)nn34)cc2)=N1. The molecule has 0 atom stereocenters. The van der Waals surface area contributed by atoms with Crippen molar-refractivity contribution in [2.45, 2.75) is 12.8 Å². The summed E-state index contributed by atoms with van der Waals surface area (Å²) in [6.45, 7) is 1.09. The third-order valence-electron chi connectivity index (χ3n) is 4.87. The van der Waals surface area contributed by atoms with Crippen LogP contribution in [0.15, 0.2) is 47.6 Å². The molecule has 0 unspecified atom stereocenters. The van der Waals surface area contributed by atoms with Crippen LogP contribution in [-0.2, 0) is 4.79 Å². The first kappa shape index (κ1) is 17.5. The lowest BCUT2D eigenvalue weighted by Crippen LogP contribution is -2.26. The number of amidine groups is 1. The topological polar surface area (TPSA) is 96.2 Å². The van der Waals surface area contributed by atoms with Crippen LogP contribution < -0.4 is 15.4 Å². The number of fused-ring (bicyclic) bond motifs is 1. The Labute approximate surface area is 167 Å². The molecule has 0 spiro atoms. The molecule has 1 saturated carbocycles. The first-order valence-electron chi connectivity index (χ1n) is 9.58. The van der Waals surface area contributed by atoms with Crippen LogP contribution in [0.3, 0.4) is 0 Å². The Morgan fingerprint density at radius 3 is 2.79 bits per heavy atom. The average molecular weight is 391 g/mol. The highest BCUT2D eigenvalue weighted by atomic mass is 16.5. The number of carbonyl (C=O) groups excluding carboxylic acids is 1. The summed E-state index contributed by atoms with van der Waals surface area (Å²) in [5.41, 5.74) is 2.55. The van der Waals surface area contributed by atoms with Crippen LogP contribution in [0.5, 0.6) is 5.75 Å². The molecule has 9 heteroatoms. The Bertz CT molecular complexity index is 1090. The van der Waals surface area contributed by atoms with Gasteiger partial charge in [0.05, 0.1) is 5.69 Å². The number of carbonyl (C=O) groups is 1. The van der Waals surface area contributed by atoms with Gasteiger partial charge in [0.1, 0.15) is 19.0 Å². The Hall–Kier alpha value is -3.62. The Balaban J connectivity index is 1.33. The number of ether oxygens (including phenoxy) is 1. The van der Waals surface area contributed by atoms with E-state index in [1.54, 1.807) is 4.52 Å². The van der Waals surface area contributed by atoms with Gasteiger partial charge in [-0.2, -0.15) is 10.1 Å². The van der Waals surface area contributed by atoms with Crippen LogP contribution >= 0.6 is 0 Å². The number of aromatic nitrogens is 3. The molecule has 1 aliphatic carbocycles. The summed E-state index contributed by atoms with van der Waals surface area (Å²) in [5.74, 6) is 2.01. The van der Waals surface area contributed by atoms with Gasteiger partial charge in [-0.05, 0) is 49.2 Å². The molecule has 2 aliphatic rings. The number of benzene rings is 1. The molecular formula is C20H21N7O2. The number of pyridine rings is 1. The number of hydrogen-bond acceptors (Lipinski definition) is 7. The third kappa shape index (κ3) is 3.71. The summed E-state index contributed by atoms with van der Waals surface area (Å²) in [6, 6.07) is 13.6. The highest BCUT2D eigenvalue weighted by Gasteiger charge is 2.30. The van der Waals surface area contributed by atoms with Crippen molar-refractivity contribution in [3.05, 3.63) is 42.5 Å². The molecule has 1 fully saturated rings. The monoisotopic (exact) mass is 391 g/mol. The summed E-state index contributed by atoms with van der Waals surface area (Å²) in [7, 11) is 1.91. The van der Waals surface area contributed by atoms with Gasteiger partial charge >= 0.3 is 0 Å². The summed E-state index contributed by atoms with van der Waals surface area (Å²) < 4.78 is 7.53. The molecular weight excluding hydrogens is 370 g/mol. The zero-order chi connectivity index (χ0) is 19.8. The quantitative estimate of drug-likeness (QED) is 0.667. The molecule has 2 N–H and O–H groups in total. The number of nitrogens with one attached hydrogen (secondary N) is 2. The zero-order valence-electron chi connectivity index (χ0n) is 16.0. The average Bonchev–Trinajstić information content (AvgIpc) is 3.38. The zero-order valence-corrected chi connectivity index (χ0v) is 16.0. The smallest absolute Gasteiger partial charge is 0.249 e. The lowest BCUT2D eigenvalue weighted by atomic mass is 10.1. The van der Waals surface area contributed by atoms with E-state index in [0.29, 0.717) is 24.9 Å². The number of nitrogens with zero attached hydrogens (tertiary/aromatic N) is 5. The van der Waals surface area contributed by atoms with E-state index in [-0.39, 0.29) is 11.8 Å². The summed E-state index contributed by atoms with van der Waals surface area (Å²) in [6.07, 6.45) is 1.89. The maximum atomic E-state index is 12.0. The molecule has 29 heavy (non-hydrogen) atoms. The van der Waals surface area contributed by atoms with Gasteiger partial charge in [0.15, 0.2) is 11.5 Å². The second-order valence-electron chi connectivity index (χ2n) is 7.23. The molecule has 5 rings (SSSR count). The predicted octanol–water partition coefficient (Wildman–Crippen LogP) is 1.93. The fraction of sp³-hybridized carbons (Fsp3) is 0.300. The van der Waals surface area contributed by atoms with E-state index in [2.05, 4.69) is 25.8 Å². The summed E-state index contributed by atoms with van der Waals surface area (Å²) in [4.78, 5) is 16.4. The van der Waals surface area contributed by atoms with Crippen molar-refractivity contribution in [3.8, 4) is 17.0 Å². The molecule has 1 aromatic carbocycles. The minimum Gasteiger partial charge on any atom is -0.486 e. The molecule has 9 nitrogen and oxygen atoms in total. The van der Waals surface area contributed by atoms with E-state index in [1.165, 1.54) is 0 Å². The third-order valence-corrected chi connectivity index (χ3v) is 4.87. The molecule has 2 aromatic heterocycles. The van der Waals surface area contributed by atoms with Crippen LogP contribution in [0.4, 0.5) is 5.95 Å². The van der Waals surface area contributed by atoms with Crippen molar-refractivity contribution in [1.29, 1.82) is 0 Å². The number of rotatable bonds is 6. The second kappa shape index (κ2) is 7.08. The van der Waals surface area contributed by atoms with Crippen molar-refractivity contribution >= 4 is 23.3 Å². The second-order valence-corrected chi connectivity index (χ2v) is 7.23. The van der Waals surface area contributed by atoms with Crippen molar-refractivity contribution in [3.63, 3.8) is 0 Å². The molecule has 3 heterocycles. The van der Waals surface area contributed by atoms with Crippen LogP contribution in [0, 0.1) is 5.92 Å². The Kier molecular flexibility index (Phi) is 4.27. The normalized spacial score (nSPS) is 15.9. The van der Waals surface area contributed by atoms with Gasteiger partial charge in [-0.3, -0.25) is 15.1 Å². The van der Waals surface area contributed by atoms with Crippen molar-refractivity contribution in [2.24, 2.45) is 11.0 Å². The Morgan fingerprint density at radius 1 is 1.24 bits per heavy atom. The minimum atomic E-state index is -0.00323. The highest BCUT2D eigenvalue weighted by Crippen LogP contribution is 2.30. The van der Waals surface area contributed by atoms with E-state index in [0.717, 1.165) is 35.7 Å². The van der Waals surface area contributed by atoms with Crippen molar-refractivity contribution in [1.82, 2.24) is 24.9 Å². The molecule has 0 saturated heterocycles. The molecule has 148 valence electrons. The van der Waals surface area contributed by atoms with Gasteiger partial charge < -0.3 is 10.1 Å². The van der Waals surface area contributed by atoms with Gasteiger partial charge in [0.25, 0.3) is 0 Å². The van der Waals surface area contributed by atoms with Gasteiger partial charge in [0.2, 0.25) is 11.9 Å². The lowest BCUT2D eigenvalue weighted by molar-refractivity contribution is -0.117. The van der Waals surface area contributed by atoms with Crippen LogP contribution in [0.1, 0.15) is 12.8 Å². The van der Waals surface area contributed by atoms with Crippen molar-refractivity contribution < 1.29 is 9.53 Å². The molecule has 0 radical (unpaired) electrons. The number of hydrazone groups is 1. The molecule has 0 bridgehead atoms. The molecule has 1 aliphatic heterocycles. The van der Waals surface area contributed by atoms with Crippen LogP contribution in [0.2, 0.25) is 0 Å². The molecule has 3 aromatic rings. The lowest BCUT2D eigenvalue weighted by Gasteiger charge is -2.08. The fourth-order valence-corrected chi connectivity index (χ4v) is 3.17. The number of anilines is 1. The fourth-order valence-electron chi connectivity index (χ4n) is 3.17. The van der Waals surface area contributed by atoms with E-state index in [1.807, 2.05) is 54.5 Å². The van der Waals surface area contributed by atoms with E-state index < -0.39 is 0 Å². The van der Waals surface area contributed by atoms with E-state index in [9.17, 15) is 4.79 Å². The van der Waals surface area contributed by atoms with Crippen molar-refractivity contribution in [2.75, 3.05) is 25.6 Å². The predicted molar refractivity (Wildman–Crippen MR) is 108 cm³/mol. The van der Waals surface area contributed by atoms with E-state index in [4.69, 9.17) is 4.74 Å². The van der Waals surface area contributed by atoms with Gasteiger partial charge in [-0.15, -0.1) is 5.10 Å². The summed E-state index contributed by atoms with van der Waals surface area (Å²) >= 11 is 0. The first-order chi connectivity index (χ1) is 14.2. The minimum absolute atomic E-state index is 0.00323. The van der Waals surface area contributed by atoms with E-state index >= 15 is 0 Å². The van der Waals surface area contributed by atoms with Crippen LogP contribution in [-0.4, -0.2) is 51.7 Å². The van der Waals surface area contributed by atoms with Gasteiger partial charge in [0, 0.05) is 18.5 Å². The number of hydrogen-bond donors (Lipinski definition) is 2. The first-order valence-corrected chi connectivity index (χ1v) is 9.58. The largest absolute Gasteiger partial charge is 0.486 e. The Morgan fingerprint density at radius 2 is 2.07 bits per heavy atom.